The summed E-state index contributed by atoms with van der Waals surface area (Å²) in [6.45, 7) is 4.87. The molecule has 0 unspecified atom stereocenters. The molecule has 0 radical (unpaired) electrons. The minimum Gasteiger partial charge on any atom is -0.380 e. The number of nitriles is 1. The number of hydrogen-bond acceptors (Lipinski definition) is 3. The van der Waals surface area contributed by atoms with Crippen LogP contribution >= 0.6 is 0 Å². The first-order chi connectivity index (χ1) is 5.41. The second-order valence-electron chi connectivity index (χ2n) is 2.30. The summed E-state index contributed by atoms with van der Waals surface area (Å²) in [4.78, 5) is 0. The number of nitrogens with one attached hydrogen (secondary N) is 1. The second kappa shape index (κ2) is 9.41. The minimum absolute atomic E-state index is 0.414. The summed E-state index contributed by atoms with van der Waals surface area (Å²) in [5, 5.41) is 11.1. The van der Waals surface area contributed by atoms with E-state index in [1.807, 2.05) is 6.07 Å². The van der Waals surface area contributed by atoms with Crippen molar-refractivity contribution in [3.8, 4) is 6.07 Å². The van der Waals surface area contributed by atoms with Gasteiger partial charge in [0.2, 0.25) is 0 Å². The van der Waals surface area contributed by atoms with Gasteiger partial charge in [-0.2, -0.15) is 5.26 Å². The van der Waals surface area contributed by atoms with Crippen LogP contribution in [0, 0.1) is 11.3 Å². The molecule has 0 amide bonds. The van der Waals surface area contributed by atoms with Crippen LogP contribution in [-0.4, -0.2) is 26.3 Å². The van der Waals surface area contributed by atoms with Crippen molar-refractivity contribution in [2.24, 2.45) is 0 Å². The van der Waals surface area contributed by atoms with Gasteiger partial charge in [-0.1, -0.05) is 13.3 Å². The number of unbranched alkanes of at least 4 members (excludes halogenated alkanes) is 1. The van der Waals surface area contributed by atoms with Crippen molar-refractivity contribution in [3.05, 3.63) is 0 Å². The van der Waals surface area contributed by atoms with E-state index in [1.165, 1.54) is 6.42 Å². The van der Waals surface area contributed by atoms with Gasteiger partial charge in [0, 0.05) is 13.2 Å². The molecule has 0 aromatic carbocycles. The van der Waals surface area contributed by atoms with Crippen molar-refractivity contribution in [1.29, 1.82) is 5.26 Å². The molecule has 64 valence electrons. The van der Waals surface area contributed by atoms with E-state index in [2.05, 4.69) is 12.2 Å². The van der Waals surface area contributed by atoms with Crippen LogP contribution in [0.4, 0.5) is 0 Å². The summed E-state index contributed by atoms with van der Waals surface area (Å²) >= 11 is 0. The summed E-state index contributed by atoms with van der Waals surface area (Å²) in [6.07, 6.45) is 2.30. The highest BCUT2D eigenvalue weighted by Crippen LogP contribution is 1.86. The van der Waals surface area contributed by atoms with E-state index in [4.69, 9.17) is 10.00 Å². The predicted molar refractivity (Wildman–Crippen MR) is 44.2 cm³/mol. The van der Waals surface area contributed by atoms with Crippen LogP contribution in [0.2, 0.25) is 0 Å². The van der Waals surface area contributed by atoms with Gasteiger partial charge in [-0.3, -0.25) is 0 Å². The fraction of sp³-hybridized carbons (Fsp3) is 0.875. The van der Waals surface area contributed by atoms with Crippen LogP contribution in [-0.2, 0) is 4.74 Å². The zero-order chi connectivity index (χ0) is 8.36. The highest BCUT2D eigenvalue weighted by molar-refractivity contribution is 4.72. The van der Waals surface area contributed by atoms with Crippen molar-refractivity contribution in [3.63, 3.8) is 0 Å². The largest absolute Gasteiger partial charge is 0.380 e. The summed E-state index contributed by atoms with van der Waals surface area (Å²) in [5.74, 6) is 0. The second-order valence-corrected chi connectivity index (χ2v) is 2.30. The summed E-state index contributed by atoms with van der Waals surface area (Å²) in [6, 6.07) is 2.00. The van der Waals surface area contributed by atoms with Gasteiger partial charge in [0.1, 0.15) is 0 Å². The third-order valence-electron chi connectivity index (χ3n) is 1.27. The monoisotopic (exact) mass is 156 g/mol. The first-order valence-corrected chi connectivity index (χ1v) is 4.07. The molecule has 0 heterocycles. The van der Waals surface area contributed by atoms with Crippen LogP contribution in [0.3, 0.4) is 0 Å². The molecule has 0 fully saturated rings. The molecule has 0 aromatic rings. The van der Waals surface area contributed by atoms with Crippen LogP contribution in [0.25, 0.3) is 0 Å². The van der Waals surface area contributed by atoms with Gasteiger partial charge in [0.15, 0.2) is 0 Å². The van der Waals surface area contributed by atoms with Crippen molar-refractivity contribution in [2.75, 3.05) is 26.3 Å². The molecule has 0 rings (SSSR count). The molecule has 0 atom stereocenters. The van der Waals surface area contributed by atoms with E-state index in [1.54, 1.807) is 0 Å². The Kier molecular flexibility index (Phi) is 8.91. The average molecular weight is 156 g/mol. The lowest BCUT2D eigenvalue weighted by atomic mass is 10.4. The number of ether oxygens (including phenoxy) is 1. The van der Waals surface area contributed by atoms with E-state index < -0.39 is 0 Å². The number of nitrogens with zero attached hydrogens (tertiary/aromatic N) is 1. The summed E-state index contributed by atoms with van der Waals surface area (Å²) in [7, 11) is 0. The topological polar surface area (TPSA) is 45.0 Å². The van der Waals surface area contributed by atoms with Crippen molar-refractivity contribution in [1.82, 2.24) is 5.32 Å². The Balaban J connectivity index is 2.75. The Bertz CT molecular complexity index is 109. The summed E-state index contributed by atoms with van der Waals surface area (Å²) < 4.78 is 5.25. The molecule has 0 aliphatic carbocycles. The molecule has 1 N–H and O–H groups in total. The van der Waals surface area contributed by atoms with E-state index in [9.17, 15) is 0 Å². The standard InChI is InChI=1S/C8H16N2O/c1-2-3-7-11-8-6-10-5-4-9/h10H,2-3,5-8H2,1H3. The average Bonchev–Trinajstić information content (AvgIpc) is 2.03. The van der Waals surface area contributed by atoms with E-state index in [0.29, 0.717) is 13.2 Å². The number of rotatable bonds is 7. The quantitative estimate of drug-likeness (QED) is 0.440. The van der Waals surface area contributed by atoms with Gasteiger partial charge in [-0.05, 0) is 6.42 Å². The molecular weight excluding hydrogens is 140 g/mol. The van der Waals surface area contributed by atoms with Crippen LogP contribution in [0.15, 0.2) is 0 Å². The Morgan fingerprint density at radius 2 is 2.27 bits per heavy atom. The number of hydrogen-bond donors (Lipinski definition) is 1. The van der Waals surface area contributed by atoms with E-state index in [0.717, 1.165) is 19.6 Å². The molecular formula is C8H16N2O. The molecule has 0 aromatic heterocycles. The van der Waals surface area contributed by atoms with E-state index >= 15 is 0 Å². The molecule has 0 bridgehead atoms. The minimum atomic E-state index is 0.414. The Morgan fingerprint density at radius 1 is 1.45 bits per heavy atom. The highest BCUT2D eigenvalue weighted by Gasteiger charge is 1.86. The first-order valence-electron chi connectivity index (χ1n) is 4.07. The molecule has 11 heavy (non-hydrogen) atoms. The van der Waals surface area contributed by atoms with Crippen LogP contribution < -0.4 is 5.32 Å². The Labute approximate surface area is 68.3 Å². The Morgan fingerprint density at radius 3 is 2.91 bits per heavy atom. The normalized spacial score (nSPS) is 9.45. The van der Waals surface area contributed by atoms with Gasteiger partial charge >= 0.3 is 0 Å². The molecule has 0 aliphatic heterocycles. The van der Waals surface area contributed by atoms with Gasteiger partial charge in [-0.25, -0.2) is 0 Å². The predicted octanol–water partition coefficient (Wildman–Crippen LogP) is 0.916. The van der Waals surface area contributed by atoms with Gasteiger partial charge in [0.25, 0.3) is 0 Å². The van der Waals surface area contributed by atoms with Gasteiger partial charge in [-0.15, -0.1) is 0 Å². The van der Waals surface area contributed by atoms with Crippen LogP contribution in [0.1, 0.15) is 19.8 Å². The maximum absolute atomic E-state index is 8.15. The Hall–Kier alpha value is -0.590. The lowest BCUT2D eigenvalue weighted by Gasteiger charge is -2.01. The molecule has 0 saturated carbocycles. The molecule has 3 heteroatoms. The van der Waals surface area contributed by atoms with E-state index in [-0.39, 0.29) is 0 Å². The summed E-state index contributed by atoms with van der Waals surface area (Å²) in [5.41, 5.74) is 0. The zero-order valence-electron chi connectivity index (χ0n) is 7.10. The lowest BCUT2D eigenvalue weighted by Crippen LogP contribution is -2.19. The smallest absolute Gasteiger partial charge is 0.0841 e. The zero-order valence-corrected chi connectivity index (χ0v) is 7.10. The first kappa shape index (κ1) is 10.4. The third kappa shape index (κ3) is 9.41. The lowest BCUT2D eigenvalue weighted by molar-refractivity contribution is 0.134. The van der Waals surface area contributed by atoms with Crippen LogP contribution in [0.5, 0.6) is 0 Å². The SMILES string of the molecule is CCCCOCCNCC#N. The van der Waals surface area contributed by atoms with Crippen molar-refractivity contribution in [2.45, 2.75) is 19.8 Å². The van der Waals surface area contributed by atoms with Crippen molar-refractivity contribution < 1.29 is 4.74 Å². The van der Waals surface area contributed by atoms with Gasteiger partial charge in [0.05, 0.1) is 19.2 Å². The molecule has 3 nitrogen and oxygen atoms in total. The maximum atomic E-state index is 8.15. The fourth-order valence-corrected chi connectivity index (χ4v) is 0.637. The molecule has 0 spiro atoms. The van der Waals surface area contributed by atoms with Crippen molar-refractivity contribution >= 4 is 0 Å². The molecule has 0 aliphatic rings. The highest BCUT2D eigenvalue weighted by atomic mass is 16.5. The fourth-order valence-electron chi connectivity index (χ4n) is 0.637. The molecule has 0 saturated heterocycles. The van der Waals surface area contributed by atoms with Gasteiger partial charge < -0.3 is 10.1 Å². The third-order valence-corrected chi connectivity index (χ3v) is 1.27. The maximum Gasteiger partial charge on any atom is 0.0841 e.